The lowest BCUT2D eigenvalue weighted by Gasteiger charge is -2.31. The fourth-order valence-corrected chi connectivity index (χ4v) is 5.99. The SMILES string of the molecule is O=C(NC1CCCC1)C(c1cccs1)N(C(=O)c1ccc(CN2CCCCC2)o1)c1ccccc1. The molecule has 0 bridgehead atoms. The highest BCUT2D eigenvalue weighted by Crippen LogP contribution is 2.33. The standard InChI is InChI=1S/C28H33N3O3S/c32-27(29-21-10-5-6-11-21)26(25-14-9-19-35-25)31(22-12-3-1-4-13-22)28(33)24-16-15-23(34-24)20-30-17-7-2-8-18-30/h1,3-4,9,12-16,19,21,26H,2,5-8,10-11,17-18,20H2,(H,29,32). The molecule has 1 atom stereocenters. The van der Waals surface area contributed by atoms with Crippen LogP contribution >= 0.6 is 11.3 Å². The van der Waals surface area contributed by atoms with Gasteiger partial charge < -0.3 is 9.73 Å². The van der Waals surface area contributed by atoms with Crippen molar-refractivity contribution in [3.63, 3.8) is 0 Å². The second-order valence-electron chi connectivity index (χ2n) is 9.52. The molecule has 184 valence electrons. The van der Waals surface area contributed by atoms with E-state index in [9.17, 15) is 9.59 Å². The van der Waals surface area contributed by atoms with Crippen LogP contribution in [0.3, 0.4) is 0 Å². The van der Waals surface area contributed by atoms with Crippen LogP contribution in [0, 0.1) is 0 Å². The van der Waals surface area contributed by atoms with Crippen LogP contribution in [0.4, 0.5) is 5.69 Å². The average Bonchev–Trinajstić information content (AvgIpc) is 3.67. The molecule has 2 aliphatic rings. The number of carbonyl (C=O) groups is 2. The van der Waals surface area contributed by atoms with Gasteiger partial charge in [-0.15, -0.1) is 11.3 Å². The summed E-state index contributed by atoms with van der Waals surface area (Å²) in [6.07, 6.45) is 7.90. The van der Waals surface area contributed by atoms with Crippen LogP contribution in [0.2, 0.25) is 0 Å². The van der Waals surface area contributed by atoms with Crippen molar-refractivity contribution in [3.05, 3.63) is 76.4 Å². The Labute approximate surface area is 210 Å². The fraction of sp³-hybridized carbons (Fsp3) is 0.429. The lowest BCUT2D eigenvalue weighted by Crippen LogP contribution is -2.46. The van der Waals surface area contributed by atoms with Gasteiger partial charge in [0.2, 0.25) is 5.91 Å². The monoisotopic (exact) mass is 491 g/mol. The maximum absolute atomic E-state index is 14.0. The molecule has 6 nitrogen and oxygen atoms in total. The lowest BCUT2D eigenvalue weighted by atomic mass is 10.1. The van der Waals surface area contributed by atoms with E-state index in [1.165, 1.54) is 30.6 Å². The summed E-state index contributed by atoms with van der Waals surface area (Å²) in [5.74, 6) is 0.597. The predicted octanol–water partition coefficient (Wildman–Crippen LogP) is 5.77. The molecule has 35 heavy (non-hydrogen) atoms. The summed E-state index contributed by atoms with van der Waals surface area (Å²) in [6.45, 7) is 2.82. The second-order valence-corrected chi connectivity index (χ2v) is 10.5. The van der Waals surface area contributed by atoms with Crippen LogP contribution in [0.15, 0.2) is 64.4 Å². The molecule has 0 radical (unpaired) electrons. The predicted molar refractivity (Wildman–Crippen MR) is 139 cm³/mol. The number of carbonyl (C=O) groups excluding carboxylic acids is 2. The third-order valence-corrected chi connectivity index (χ3v) is 7.90. The lowest BCUT2D eigenvalue weighted by molar-refractivity contribution is -0.123. The van der Waals surface area contributed by atoms with Gasteiger partial charge in [-0.3, -0.25) is 19.4 Å². The molecule has 1 N–H and O–H groups in total. The third kappa shape index (κ3) is 5.68. The number of nitrogens with zero attached hydrogens (tertiary/aromatic N) is 2. The largest absolute Gasteiger partial charge is 0.455 e. The number of nitrogens with one attached hydrogen (secondary N) is 1. The molecule has 3 aromatic rings. The number of benzene rings is 1. The maximum atomic E-state index is 14.0. The first kappa shape index (κ1) is 23.8. The average molecular weight is 492 g/mol. The Morgan fingerprint density at radius 2 is 1.74 bits per heavy atom. The highest BCUT2D eigenvalue weighted by Gasteiger charge is 2.36. The van der Waals surface area contributed by atoms with Crippen LogP contribution in [-0.4, -0.2) is 35.8 Å². The molecule has 1 aliphatic heterocycles. The number of piperidine rings is 1. The van der Waals surface area contributed by atoms with Crippen molar-refractivity contribution in [1.29, 1.82) is 0 Å². The number of rotatable bonds is 8. The molecular formula is C28H33N3O3S. The van der Waals surface area contributed by atoms with E-state index in [2.05, 4.69) is 10.2 Å². The molecule has 1 saturated carbocycles. The summed E-state index contributed by atoms with van der Waals surface area (Å²) in [4.78, 5) is 32.5. The molecule has 2 amide bonds. The summed E-state index contributed by atoms with van der Waals surface area (Å²) < 4.78 is 6.07. The maximum Gasteiger partial charge on any atom is 0.295 e. The first-order valence-electron chi connectivity index (χ1n) is 12.7. The van der Waals surface area contributed by atoms with Gasteiger partial charge in [-0.05, 0) is 74.5 Å². The van der Waals surface area contributed by atoms with E-state index in [4.69, 9.17) is 4.42 Å². The van der Waals surface area contributed by atoms with Gasteiger partial charge in [-0.25, -0.2) is 0 Å². The summed E-state index contributed by atoms with van der Waals surface area (Å²) in [7, 11) is 0. The molecule has 7 heteroatoms. The zero-order chi connectivity index (χ0) is 24.0. The Hall–Kier alpha value is -2.90. The molecule has 2 fully saturated rings. The highest BCUT2D eigenvalue weighted by molar-refractivity contribution is 7.10. The summed E-state index contributed by atoms with van der Waals surface area (Å²) in [6, 6.07) is 16.3. The molecule has 1 aromatic carbocycles. The topological polar surface area (TPSA) is 65.8 Å². The van der Waals surface area contributed by atoms with Gasteiger partial charge in [0, 0.05) is 16.6 Å². The Morgan fingerprint density at radius 3 is 2.46 bits per heavy atom. The van der Waals surface area contributed by atoms with Gasteiger partial charge in [0.25, 0.3) is 5.91 Å². The van der Waals surface area contributed by atoms with Crippen LogP contribution < -0.4 is 10.2 Å². The quantitative estimate of drug-likeness (QED) is 0.434. The number of hydrogen-bond donors (Lipinski definition) is 1. The number of thiophene rings is 1. The van der Waals surface area contributed by atoms with Crippen molar-refractivity contribution >= 4 is 28.8 Å². The molecule has 1 unspecified atom stereocenters. The Balaban J connectivity index is 1.45. The summed E-state index contributed by atoms with van der Waals surface area (Å²) in [5.41, 5.74) is 0.673. The first-order valence-corrected chi connectivity index (χ1v) is 13.6. The van der Waals surface area contributed by atoms with Gasteiger partial charge in [-0.1, -0.05) is 43.5 Å². The molecule has 3 heterocycles. The molecule has 0 spiro atoms. The summed E-state index contributed by atoms with van der Waals surface area (Å²) in [5, 5.41) is 5.17. The third-order valence-electron chi connectivity index (χ3n) is 6.97. The first-order chi connectivity index (χ1) is 17.2. The van der Waals surface area contributed by atoms with Crippen molar-refractivity contribution in [3.8, 4) is 0 Å². The van der Waals surface area contributed by atoms with Crippen LogP contribution in [0.5, 0.6) is 0 Å². The van der Waals surface area contributed by atoms with E-state index in [0.717, 1.165) is 49.4 Å². The van der Waals surface area contributed by atoms with Crippen LogP contribution in [-0.2, 0) is 11.3 Å². The van der Waals surface area contributed by atoms with E-state index < -0.39 is 6.04 Å². The zero-order valence-corrected chi connectivity index (χ0v) is 20.8. The second kappa shape index (κ2) is 11.2. The minimum atomic E-state index is -0.763. The number of para-hydroxylation sites is 1. The molecule has 5 rings (SSSR count). The molecule has 2 aromatic heterocycles. The van der Waals surface area contributed by atoms with Crippen molar-refractivity contribution in [2.75, 3.05) is 18.0 Å². The normalized spacial score (nSPS) is 17.8. The number of furan rings is 1. The Bertz CT molecular complexity index is 1100. The zero-order valence-electron chi connectivity index (χ0n) is 20.0. The van der Waals surface area contributed by atoms with Crippen molar-refractivity contribution < 1.29 is 14.0 Å². The Morgan fingerprint density at radius 1 is 0.971 bits per heavy atom. The van der Waals surface area contributed by atoms with E-state index in [1.54, 1.807) is 11.0 Å². The Kier molecular flexibility index (Phi) is 7.64. The minimum Gasteiger partial charge on any atom is -0.455 e. The molecule has 1 aliphatic carbocycles. The number of likely N-dealkylation sites (tertiary alicyclic amines) is 1. The smallest absolute Gasteiger partial charge is 0.295 e. The van der Waals surface area contributed by atoms with E-state index in [-0.39, 0.29) is 23.6 Å². The van der Waals surface area contributed by atoms with E-state index in [0.29, 0.717) is 12.2 Å². The minimum absolute atomic E-state index is 0.142. The highest BCUT2D eigenvalue weighted by atomic mass is 32.1. The number of anilines is 1. The summed E-state index contributed by atoms with van der Waals surface area (Å²) >= 11 is 1.49. The van der Waals surface area contributed by atoms with Gasteiger partial charge >= 0.3 is 0 Å². The fourth-order valence-electron chi connectivity index (χ4n) is 5.18. The van der Waals surface area contributed by atoms with Crippen LogP contribution in [0.25, 0.3) is 0 Å². The van der Waals surface area contributed by atoms with E-state index in [1.807, 2.05) is 53.9 Å². The van der Waals surface area contributed by atoms with Gasteiger partial charge in [0.15, 0.2) is 11.8 Å². The van der Waals surface area contributed by atoms with Crippen molar-refractivity contribution in [2.45, 2.75) is 63.6 Å². The number of amides is 2. The van der Waals surface area contributed by atoms with Gasteiger partial charge in [0.05, 0.1) is 6.54 Å². The van der Waals surface area contributed by atoms with E-state index >= 15 is 0 Å². The van der Waals surface area contributed by atoms with Crippen LogP contribution in [0.1, 0.15) is 72.2 Å². The van der Waals surface area contributed by atoms with Crippen molar-refractivity contribution in [2.24, 2.45) is 0 Å². The van der Waals surface area contributed by atoms with Crippen molar-refractivity contribution in [1.82, 2.24) is 10.2 Å². The number of hydrogen-bond acceptors (Lipinski definition) is 5. The molecular weight excluding hydrogens is 458 g/mol. The van der Waals surface area contributed by atoms with Gasteiger partial charge in [-0.2, -0.15) is 0 Å². The molecule has 1 saturated heterocycles. The van der Waals surface area contributed by atoms with Gasteiger partial charge in [0.1, 0.15) is 5.76 Å².